The summed E-state index contributed by atoms with van der Waals surface area (Å²) in [5.74, 6) is 5.52. The Kier molecular flexibility index (Phi) is 3.74. The number of phenols is 1. The van der Waals surface area contributed by atoms with Gasteiger partial charge in [-0.15, -0.1) is 0 Å². The Balaban J connectivity index is 3.16. The van der Waals surface area contributed by atoms with E-state index in [-0.39, 0.29) is 11.9 Å². The fraction of sp³-hybridized carbons (Fsp3) is 0.333. The molecule has 0 aliphatic heterocycles. The summed E-state index contributed by atoms with van der Waals surface area (Å²) >= 11 is 3.21. The van der Waals surface area contributed by atoms with Crippen LogP contribution in [0, 0.1) is 0 Å². The van der Waals surface area contributed by atoms with Gasteiger partial charge in [0.05, 0.1) is 11.6 Å². The average Bonchev–Trinajstić information content (AvgIpc) is 2.20. The van der Waals surface area contributed by atoms with E-state index in [9.17, 15) is 5.11 Å². The largest absolute Gasteiger partial charge is 0.503 e. The van der Waals surface area contributed by atoms with Crippen LogP contribution in [0.15, 0.2) is 16.6 Å². The van der Waals surface area contributed by atoms with E-state index in [4.69, 9.17) is 10.6 Å². The zero-order valence-corrected chi connectivity index (χ0v) is 9.54. The molecule has 0 aliphatic rings. The minimum Gasteiger partial charge on any atom is -0.503 e. The SMILES string of the molecule is COc1cc(C(C)ON)cc(Br)c1O. The Hall–Kier alpha value is -0.780. The summed E-state index contributed by atoms with van der Waals surface area (Å²) in [4.78, 5) is 4.67. The van der Waals surface area contributed by atoms with E-state index in [1.165, 1.54) is 7.11 Å². The molecule has 0 amide bonds. The molecule has 0 saturated carbocycles. The van der Waals surface area contributed by atoms with E-state index in [1.54, 1.807) is 19.1 Å². The van der Waals surface area contributed by atoms with Gasteiger partial charge in [-0.3, -0.25) is 4.84 Å². The molecule has 0 saturated heterocycles. The number of methoxy groups -OCH3 is 1. The average molecular weight is 262 g/mol. The van der Waals surface area contributed by atoms with E-state index in [1.807, 2.05) is 0 Å². The van der Waals surface area contributed by atoms with Crippen LogP contribution in [0.2, 0.25) is 0 Å². The van der Waals surface area contributed by atoms with Crippen LogP contribution < -0.4 is 10.6 Å². The number of ether oxygens (including phenoxy) is 1. The first-order valence-corrected chi connectivity index (χ1v) is 4.81. The summed E-state index contributed by atoms with van der Waals surface area (Å²) in [5, 5.41) is 9.53. The van der Waals surface area contributed by atoms with E-state index in [0.29, 0.717) is 10.2 Å². The van der Waals surface area contributed by atoms with Gasteiger partial charge in [0.25, 0.3) is 0 Å². The smallest absolute Gasteiger partial charge is 0.172 e. The fourth-order valence-electron chi connectivity index (χ4n) is 1.06. The van der Waals surface area contributed by atoms with Crippen molar-refractivity contribution in [1.82, 2.24) is 0 Å². The van der Waals surface area contributed by atoms with Crippen molar-refractivity contribution in [3.63, 3.8) is 0 Å². The molecule has 1 unspecified atom stereocenters. The predicted molar refractivity (Wildman–Crippen MR) is 56.0 cm³/mol. The van der Waals surface area contributed by atoms with Crippen LogP contribution in [0.1, 0.15) is 18.6 Å². The zero-order chi connectivity index (χ0) is 10.7. The minimum absolute atomic E-state index is 0.0699. The van der Waals surface area contributed by atoms with Crippen molar-refractivity contribution in [3.8, 4) is 11.5 Å². The minimum atomic E-state index is -0.249. The third-order valence-corrected chi connectivity index (χ3v) is 2.55. The molecule has 78 valence electrons. The second-order valence-corrected chi connectivity index (χ2v) is 3.69. The van der Waals surface area contributed by atoms with E-state index in [2.05, 4.69) is 20.8 Å². The molecule has 0 aromatic heterocycles. The van der Waals surface area contributed by atoms with Crippen LogP contribution in [0.3, 0.4) is 0 Å². The molecule has 1 atom stereocenters. The molecule has 1 aromatic rings. The van der Waals surface area contributed by atoms with Gasteiger partial charge in [-0.2, -0.15) is 0 Å². The van der Waals surface area contributed by atoms with Crippen molar-refractivity contribution in [3.05, 3.63) is 22.2 Å². The van der Waals surface area contributed by atoms with Crippen LogP contribution >= 0.6 is 15.9 Å². The summed E-state index contributed by atoms with van der Waals surface area (Å²) in [6.07, 6.45) is -0.249. The van der Waals surface area contributed by atoms with Crippen molar-refractivity contribution in [1.29, 1.82) is 0 Å². The van der Waals surface area contributed by atoms with Gasteiger partial charge in [0.15, 0.2) is 11.5 Å². The van der Waals surface area contributed by atoms with Gasteiger partial charge >= 0.3 is 0 Å². The van der Waals surface area contributed by atoms with Crippen molar-refractivity contribution in [2.75, 3.05) is 7.11 Å². The van der Waals surface area contributed by atoms with Crippen LogP contribution in [-0.4, -0.2) is 12.2 Å². The number of phenolic OH excluding ortho intramolecular Hbond substituents is 1. The number of hydrogen-bond acceptors (Lipinski definition) is 4. The van der Waals surface area contributed by atoms with Gasteiger partial charge in [-0.1, -0.05) is 0 Å². The fourth-order valence-corrected chi connectivity index (χ4v) is 1.52. The third-order valence-electron chi connectivity index (χ3n) is 1.94. The maximum Gasteiger partial charge on any atom is 0.172 e. The highest BCUT2D eigenvalue weighted by Gasteiger charge is 2.12. The molecule has 0 aliphatic carbocycles. The molecule has 5 heteroatoms. The molecule has 3 N–H and O–H groups in total. The van der Waals surface area contributed by atoms with Crippen molar-refractivity contribution < 1.29 is 14.7 Å². The number of rotatable bonds is 3. The molecular formula is C9H12BrNO3. The number of nitrogens with two attached hydrogens (primary N) is 1. The van der Waals surface area contributed by atoms with Gasteiger partial charge in [-0.25, -0.2) is 5.90 Å². The Labute approximate surface area is 90.7 Å². The highest BCUT2D eigenvalue weighted by molar-refractivity contribution is 9.10. The Morgan fingerprint density at radius 3 is 2.64 bits per heavy atom. The van der Waals surface area contributed by atoms with Gasteiger partial charge < -0.3 is 9.84 Å². The lowest BCUT2D eigenvalue weighted by Crippen LogP contribution is -2.05. The van der Waals surface area contributed by atoms with Crippen molar-refractivity contribution in [2.45, 2.75) is 13.0 Å². The molecule has 1 aromatic carbocycles. The lowest BCUT2D eigenvalue weighted by Gasteiger charge is -2.12. The second kappa shape index (κ2) is 4.63. The first kappa shape index (κ1) is 11.3. The molecule has 0 bridgehead atoms. The van der Waals surface area contributed by atoms with E-state index >= 15 is 0 Å². The topological polar surface area (TPSA) is 64.7 Å². The molecule has 0 spiro atoms. The van der Waals surface area contributed by atoms with Gasteiger partial charge in [0, 0.05) is 0 Å². The van der Waals surface area contributed by atoms with Crippen molar-refractivity contribution in [2.24, 2.45) is 5.90 Å². The van der Waals surface area contributed by atoms with Gasteiger partial charge in [0.2, 0.25) is 0 Å². The number of hydrogen-bond donors (Lipinski definition) is 2. The lowest BCUT2D eigenvalue weighted by molar-refractivity contribution is 0.0662. The highest BCUT2D eigenvalue weighted by atomic mass is 79.9. The van der Waals surface area contributed by atoms with E-state index < -0.39 is 0 Å². The standard InChI is InChI=1S/C9H12BrNO3/c1-5(14-11)6-3-7(10)9(12)8(4-6)13-2/h3-5,12H,11H2,1-2H3. The maximum absolute atomic E-state index is 9.53. The first-order valence-electron chi connectivity index (χ1n) is 4.02. The van der Waals surface area contributed by atoms with E-state index in [0.717, 1.165) is 5.56 Å². The quantitative estimate of drug-likeness (QED) is 0.819. The molecule has 1 rings (SSSR count). The second-order valence-electron chi connectivity index (χ2n) is 2.83. The predicted octanol–water partition coefficient (Wildman–Crippen LogP) is 2.11. The lowest BCUT2D eigenvalue weighted by atomic mass is 10.1. The first-order chi connectivity index (χ1) is 6.60. The number of halogens is 1. The van der Waals surface area contributed by atoms with Crippen LogP contribution in [0.25, 0.3) is 0 Å². The van der Waals surface area contributed by atoms with Crippen LogP contribution in [0.5, 0.6) is 11.5 Å². The molecular weight excluding hydrogens is 250 g/mol. The van der Waals surface area contributed by atoms with Gasteiger partial charge in [-0.05, 0) is 40.5 Å². The highest BCUT2D eigenvalue weighted by Crippen LogP contribution is 2.37. The Morgan fingerprint density at radius 2 is 2.14 bits per heavy atom. The normalized spacial score (nSPS) is 12.6. The molecule has 14 heavy (non-hydrogen) atoms. The molecule has 0 heterocycles. The summed E-state index contributed by atoms with van der Waals surface area (Å²) in [7, 11) is 1.49. The molecule has 0 fully saturated rings. The third kappa shape index (κ3) is 2.17. The summed E-state index contributed by atoms with van der Waals surface area (Å²) in [6, 6.07) is 3.41. The van der Waals surface area contributed by atoms with Gasteiger partial charge in [0.1, 0.15) is 6.10 Å². The molecule has 4 nitrogen and oxygen atoms in total. The molecule has 0 radical (unpaired) electrons. The summed E-state index contributed by atoms with van der Waals surface area (Å²) in [5.41, 5.74) is 0.828. The Morgan fingerprint density at radius 1 is 1.50 bits per heavy atom. The van der Waals surface area contributed by atoms with Crippen LogP contribution in [-0.2, 0) is 4.84 Å². The summed E-state index contributed by atoms with van der Waals surface area (Å²) < 4.78 is 5.54. The summed E-state index contributed by atoms with van der Waals surface area (Å²) in [6.45, 7) is 1.80. The Bertz CT molecular complexity index is 330. The monoisotopic (exact) mass is 261 g/mol. The zero-order valence-electron chi connectivity index (χ0n) is 7.95. The number of aromatic hydroxyl groups is 1. The maximum atomic E-state index is 9.53. The van der Waals surface area contributed by atoms with Crippen molar-refractivity contribution >= 4 is 15.9 Å². The number of benzene rings is 1. The van der Waals surface area contributed by atoms with Crippen LogP contribution in [0.4, 0.5) is 0 Å².